The molecule has 2 heterocycles. The molecule has 0 amide bonds. The number of fused-ring (bicyclic) bond motifs is 1. The Kier molecular flexibility index (Phi) is 3.57. The second kappa shape index (κ2) is 5.76. The Bertz CT molecular complexity index is 876. The molecule has 122 valence electrons. The molecule has 3 aromatic rings. The summed E-state index contributed by atoms with van der Waals surface area (Å²) in [6.45, 7) is 0. The van der Waals surface area contributed by atoms with Gasteiger partial charge in [-0.2, -0.15) is 0 Å². The summed E-state index contributed by atoms with van der Waals surface area (Å²) in [6, 6.07) is 11.8. The zero-order valence-electron chi connectivity index (χ0n) is 13.1. The number of thiocarbonyl (C=S) groups is 1. The molecule has 0 radical (unpaired) electrons. The highest BCUT2D eigenvalue weighted by atomic mass is 32.1. The van der Waals surface area contributed by atoms with E-state index < -0.39 is 0 Å². The molecule has 4 rings (SSSR count). The number of imidazole rings is 1. The SMILES string of the molecule is COc1cccnc1C1CC1N(C(N)=S)c1nc2ccccc2[nH]1. The number of rotatable bonds is 4. The molecule has 0 bridgehead atoms. The first-order valence-electron chi connectivity index (χ1n) is 7.71. The molecule has 3 N–H and O–H groups in total. The number of aromatic amines is 1. The lowest BCUT2D eigenvalue weighted by Crippen LogP contribution is -2.38. The number of nitrogens with zero attached hydrogens (tertiary/aromatic N) is 3. The molecule has 1 aromatic carbocycles. The van der Waals surface area contributed by atoms with Crippen molar-refractivity contribution in [3.63, 3.8) is 0 Å². The standard InChI is InChI=1S/C17H17N5OS/c1-23-14-7-4-8-19-15(14)10-9-13(10)22(16(18)24)17-20-11-5-2-3-6-12(11)21-17/h2-8,10,13H,9H2,1H3,(H2,18,24)(H,20,21). The van der Waals surface area contributed by atoms with Gasteiger partial charge in [-0.3, -0.25) is 9.88 Å². The summed E-state index contributed by atoms with van der Waals surface area (Å²) in [4.78, 5) is 14.3. The van der Waals surface area contributed by atoms with E-state index in [-0.39, 0.29) is 12.0 Å². The van der Waals surface area contributed by atoms with Gasteiger partial charge < -0.3 is 15.5 Å². The summed E-state index contributed by atoms with van der Waals surface area (Å²) in [6.07, 6.45) is 2.68. The van der Waals surface area contributed by atoms with Gasteiger partial charge in [-0.15, -0.1) is 0 Å². The van der Waals surface area contributed by atoms with Crippen LogP contribution in [0.5, 0.6) is 5.75 Å². The van der Waals surface area contributed by atoms with Crippen molar-refractivity contribution >= 4 is 34.3 Å². The van der Waals surface area contributed by atoms with E-state index in [4.69, 9.17) is 22.7 Å². The minimum Gasteiger partial charge on any atom is -0.495 e. The molecule has 1 fully saturated rings. The van der Waals surface area contributed by atoms with Crippen LogP contribution in [-0.2, 0) is 0 Å². The number of aromatic nitrogens is 3. The smallest absolute Gasteiger partial charge is 0.210 e. The molecule has 0 saturated heterocycles. The third kappa shape index (κ3) is 2.46. The van der Waals surface area contributed by atoms with Gasteiger partial charge >= 0.3 is 0 Å². The van der Waals surface area contributed by atoms with Crippen molar-refractivity contribution in [2.75, 3.05) is 12.0 Å². The van der Waals surface area contributed by atoms with Crippen molar-refractivity contribution in [3.8, 4) is 5.75 Å². The number of para-hydroxylation sites is 2. The van der Waals surface area contributed by atoms with Crippen LogP contribution in [-0.4, -0.2) is 33.2 Å². The lowest BCUT2D eigenvalue weighted by molar-refractivity contribution is 0.406. The lowest BCUT2D eigenvalue weighted by atomic mass is 10.2. The van der Waals surface area contributed by atoms with E-state index in [2.05, 4.69) is 15.0 Å². The van der Waals surface area contributed by atoms with E-state index in [0.29, 0.717) is 11.1 Å². The maximum atomic E-state index is 5.99. The first-order chi connectivity index (χ1) is 11.7. The van der Waals surface area contributed by atoms with Gasteiger partial charge in [0.15, 0.2) is 5.11 Å². The zero-order chi connectivity index (χ0) is 16.7. The monoisotopic (exact) mass is 339 g/mol. The topological polar surface area (TPSA) is 80.1 Å². The van der Waals surface area contributed by atoms with Gasteiger partial charge in [-0.1, -0.05) is 12.1 Å². The maximum absolute atomic E-state index is 5.99. The van der Waals surface area contributed by atoms with Crippen LogP contribution in [0.2, 0.25) is 0 Å². The van der Waals surface area contributed by atoms with Gasteiger partial charge in [0.25, 0.3) is 0 Å². The highest BCUT2D eigenvalue weighted by molar-refractivity contribution is 7.80. The molecule has 2 aromatic heterocycles. The Morgan fingerprint density at radius 1 is 1.33 bits per heavy atom. The molecule has 2 atom stereocenters. The minimum absolute atomic E-state index is 0.131. The number of nitrogens with two attached hydrogens (primary N) is 1. The molecule has 1 aliphatic rings. The number of methoxy groups -OCH3 is 1. The predicted octanol–water partition coefficient (Wildman–Crippen LogP) is 2.57. The summed E-state index contributed by atoms with van der Waals surface area (Å²) < 4.78 is 5.42. The van der Waals surface area contributed by atoms with Crippen LogP contribution in [0.4, 0.5) is 5.95 Å². The Labute approximate surface area is 144 Å². The normalized spacial score (nSPS) is 19.2. The van der Waals surface area contributed by atoms with Gasteiger partial charge in [-0.25, -0.2) is 4.98 Å². The number of nitrogens with one attached hydrogen (secondary N) is 1. The Morgan fingerprint density at radius 3 is 2.92 bits per heavy atom. The van der Waals surface area contributed by atoms with Crippen molar-refractivity contribution < 1.29 is 4.74 Å². The molecule has 7 heteroatoms. The van der Waals surface area contributed by atoms with E-state index in [9.17, 15) is 0 Å². The third-order valence-electron chi connectivity index (χ3n) is 4.30. The second-order valence-electron chi connectivity index (χ2n) is 5.79. The van der Waals surface area contributed by atoms with E-state index in [0.717, 1.165) is 28.9 Å². The fourth-order valence-corrected chi connectivity index (χ4v) is 3.31. The molecule has 1 aliphatic carbocycles. The molecule has 1 saturated carbocycles. The van der Waals surface area contributed by atoms with Crippen LogP contribution in [0, 0.1) is 0 Å². The fourth-order valence-electron chi connectivity index (χ4n) is 3.09. The summed E-state index contributed by atoms with van der Waals surface area (Å²) in [5, 5.41) is 0.302. The predicted molar refractivity (Wildman–Crippen MR) is 97.3 cm³/mol. The Hall–Kier alpha value is -2.67. The van der Waals surface area contributed by atoms with E-state index in [1.165, 1.54) is 0 Å². The van der Waals surface area contributed by atoms with Crippen LogP contribution in [0.1, 0.15) is 18.0 Å². The summed E-state index contributed by atoms with van der Waals surface area (Å²) >= 11 is 5.28. The van der Waals surface area contributed by atoms with Crippen LogP contribution >= 0.6 is 12.2 Å². The van der Waals surface area contributed by atoms with Gasteiger partial charge in [-0.05, 0) is 42.9 Å². The molecule has 0 spiro atoms. The minimum atomic E-state index is 0.131. The number of benzene rings is 1. The number of hydrogen-bond acceptors (Lipinski definition) is 4. The number of hydrogen-bond donors (Lipinski definition) is 2. The van der Waals surface area contributed by atoms with Crippen molar-refractivity contribution in [2.45, 2.75) is 18.4 Å². The van der Waals surface area contributed by atoms with E-state index >= 15 is 0 Å². The quantitative estimate of drug-likeness (QED) is 0.711. The van der Waals surface area contributed by atoms with Gasteiger partial charge in [0.05, 0.1) is 23.8 Å². The highest BCUT2D eigenvalue weighted by Crippen LogP contribution is 2.47. The highest BCUT2D eigenvalue weighted by Gasteiger charge is 2.47. The maximum Gasteiger partial charge on any atom is 0.210 e. The van der Waals surface area contributed by atoms with Crippen molar-refractivity contribution in [1.82, 2.24) is 15.0 Å². The van der Waals surface area contributed by atoms with Gasteiger partial charge in [0.2, 0.25) is 5.95 Å². The summed E-state index contributed by atoms with van der Waals surface area (Å²) in [5.41, 5.74) is 8.77. The zero-order valence-corrected chi connectivity index (χ0v) is 14.0. The van der Waals surface area contributed by atoms with Gasteiger partial charge in [0, 0.05) is 18.2 Å². The average molecular weight is 339 g/mol. The molecule has 6 nitrogen and oxygen atoms in total. The molecule has 2 unspecified atom stereocenters. The molecular formula is C17H17N5OS. The van der Waals surface area contributed by atoms with E-state index in [1.54, 1.807) is 13.3 Å². The first-order valence-corrected chi connectivity index (χ1v) is 8.12. The van der Waals surface area contributed by atoms with Gasteiger partial charge in [0.1, 0.15) is 5.75 Å². The second-order valence-corrected chi connectivity index (χ2v) is 6.20. The van der Waals surface area contributed by atoms with Crippen molar-refractivity contribution in [3.05, 3.63) is 48.3 Å². The largest absolute Gasteiger partial charge is 0.495 e. The Morgan fingerprint density at radius 2 is 2.17 bits per heavy atom. The van der Waals surface area contributed by atoms with Crippen LogP contribution in [0.25, 0.3) is 11.0 Å². The number of H-pyrrole nitrogens is 1. The Balaban J connectivity index is 1.67. The number of pyridine rings is 1. The van der Waals surface area contributed by atoms with Crippen LogP contribution in [0.3, 0.4) is 0 Å². The fraction of sp³-hybridized carbons (Fsp3) is 0.235. The summed E-state index contributed by atoms with van der Waals surface area (Å²) in [5.74, 6) is 1.68. The van der Waals surface area contributed by atoms with Crippen molar-refractivity contribution in [1.29, 1.82) is 0 Å². The lowest BCUT2D eigenvalue weighted by Gasteiger charge is -2.20. The molecule has 24 heavy (non-hydrogen) atoms. The molecular weight excluding hydrogens is 322 g/mol. The molecule has 0 aliphatic heterocycles. The van der Waals surface area contributed by atoms with Crippen LogP contribution in [0.15, 0.2) is 42.6 Å². The average Bonchev–Trinajstić information content (AvgIpc) is 3.24. The van der Waals surface area contributed by atoms with E-state index in [1.807, 2.05) is 41.3 Å². The number of ether oxygens (including phenoxy) is 1. The van der Waals surface area contributed by atoms with Crippen LogP contribution < -0.4 is 15.4 Å². The van der Waals surface area contributed by atoms with Crippen molar-refractivity contribution in [2.24, 2.45) is 5.73 Å². The third-order valence-corrected chi connectivity index (χ3v) is 4.50. The number of anilines is 1. The summed E-state index contributed by atoms with van der Waals surface area (Å²) in [7, 11) is 1.66. The first kappa shape index (κ1) is 14.9.